The van der Waals surface area contributed by atoms with Gasteiger partial charge in [0.15, 0.2) is 12.4 Å². The molecule has 0 fully saturated rings. The molecule has 132 valence electrons. The molecule has 5 nitrogen and oxygen atoms in total. The average molecular weight is 356 g/mol. The minimum Gasteiger partial charge on any atom is -0.453 e. The van der Waals surface area contributed by atoms with Crippen molar-refractivity contribution in [3.8, 4) is 11.3 Å². The van der Waals surface area contributed by atoms with Gasteiger partial charge >= 0.3 is 5.97 Å². The van der Waals surface area contributed by atoms with Crippen LogP contribution >= 0.6 is 0 Å². The zero-order chi connectivity index (χ0) is 18.5. The summed E-state index contributed by atoms with van der Waals surface area (Å²) in [5.41, 5.74) is 2.61. The first kappa shape index (κ1) is 16.7. The van der Waals surface area contributed by atoms with E-state index < -0.39 is 5.97 Å². The van der Waals surface area contributed by atoms with Crippen molar-refractivity contribution in [2.75, 3.05) is 0 Å². The Morgan fingerprint density at radius 1 is 1.00 bits per heavy atom. The lowest BCUT2D eigenvalue weighted by atomic mass is 10.1. The number of rotatable bonds is 5. The van der Waals surface area contributed by atoms with Crippen molar-refractivity contribution in [1.29, 1.82) is 0 Å². The van der Waals surface area contributed by atoms with E-state index in [1.54, 1.807) is 18.5 Å². The Kier molecular flexibility index (Phi) is 4.74. The standard InChI is InChI=1S/C22H16N2O3/c25-21(12-11-18-9-4-8-17-10-5-13-23-22(17)18)26-15-20-24-14-19(27-20)16-6-2-1-3-7-16/h1-14H,15H2/b12-11+. The highest BCUT2D eigenvalue weighted by molar-refractivity contribution is 5.92. The van der Waals surface area contributed by atoms with Crippen LogP contribution in [0.4, 0.5) is 0 Å². The van der Waals surface area contributed by atoms with E-state index in [1.165, 1.54) is 6.08 Å². The lowest BCUT2D eigenvalue weighted by molar-refractivity contribution is -0.139. The van der Waals surface area contributed by atoms with E-state index in [1.807, 2.05) is 60.7 Å². The highest BCUT2D eigenvalue weighted by Crippen LogP contribution is 2.20. The number of benzene rings is 2. The topological polar surface area (TPSA) is 65.2 Å². The molecule has 0 bridgehead atoms. The molecular formula is C22H16N2O3. The Morgan fingerprint density at radius 2 is 1.85 bits per heavy atom. The van der Waals surface area contributed by atoms with Gasteiger partial charge in [-0.3, -0.25) is 4.98 Å². The fraction of sp³-hybridized carbons (Fsp3) is 0.0455. The van der Waals surface area contributed by atoms with Gasteiger partial charge in [0.2, 0.25) is 5.89 Å². The van der Waals surface area contributed by atoms with Crippen molar-refractivity contribution in [2.45, 2.75) is 6.61 Å². The van der Waals surface area contributed by atoms with Gasteiger partial charge in [0.25, 0.3) is 0 Å². The maximum atomic E-state index is 12.0. The Morgan fingerprint density at radius 3 is 2.74 bits per heavy atom. The van der Waals surface area contributed by atoms with Gasteiger partial charge in [-0.05, 0) is 12.1 Å². The number of esters is 1. The van der Waals surface area contributed by atoms with Crippen molar-refractivity contribution in [3.63, 3.8) is 0 Å². The zero-order valence-electron chi connectivity index (χ0n) is 14.4. The molecule has 0 spiro atoms. The number of pyridine rings is 1. The quantitative estimate of drug-likeness (QED) is 0.385. The molecular weight excluding hydrogens is 340 g/mol. The maximum absolute atomic E-state index is 12.0. The third kappa shape index (κ3) is 3.93. The van der Waals surface area contributed by atoms with Gasteiger partial charge in [-0.1, -0.05) is 54.6 Å². The lowest BCUT2D eigenvalue weighted by Crippen LogP contribution is -2.00. The molecule has 2 aromatic carbocycles. The van der Waals surface area contributed by atoms with Crippen LogP contribution in [0.5, 0.6) is 0 Å². The van der Waals surface area contributed by atoms with E-state index in [2.05, 4.69) is 9.97 Å². The van der Waals surface area contributed by atoms with Gasteiger partial charge in [0.05, 0.1) is 11.7 Å². The molecule has 0 unspecified atom stereocenters. The first-order valence-electron chi connectivity index (χ1n) is 8.48. The van der Waals surface area contributed by atoms with Crippen molar-refractivity contribution in [1.82, 2.24) is 9.97 Å². The minimum absolute atomic E-state index is 0.0240. The highest BCUT2D eigenvalue weighted by atomic mass is 16.5. The van der Waals surface area contributed by atoms with Crippen LogP contribution in [0.1, 0.15) is 11.5 Å². The van der Waals surface area contributed by atoms with E-state index in [4.69, 9.17) is 9.15 Å². The van der Waals surface area contributed by atoms with Crippen LogP contribution in [0, 0.1) is 0 Å². The molecule has 0 radical (unpaired) electrons. The monoisotopic (exact) mass is 356 g/mol. The third-order valence-electron chi connectivity index (χ3n) is 4.01. The lowest BCUT2D eigenvalue weighted by Gasteiger charge is -2.01. The molecule has 4 rings (SSSR count). The zero-order valence-corrected chi connectivity index (χ0v) is 14.4. The Hall–Kier alpha value is -3.73. The summed E-state index contributed by atoms with van der Waals surface area (Å²) in [6.45, 7) is -0.0240. The van der Waals surface area contributed by atoms with Crippen LogP contribution in [0.3, 0.4) is 0 Å². The van der Waals surface area contributed by atoms with E-state index in [0.29, 0.717) is 11.7 Å². The van der Waals surface area contributed by atoms with Crippen LogP contribution in [0.2, 0.25) is 0 Å². The van der Waals surface area contributed by atoms with Gasteiger partial charge < -0.3 is 9.15 Å². The first-order chi connectivity index (χ1) is 13.3. The fourth-order valence-corrected chi connectivity index (χ4v) is 2.71. The summed E-state index contributed by atoms with van der Waals surface area (Å²) in [4.78, 5) is 20.5. The van der Waals surface area contributed by atoms with E-state index in [-0.39, 0.29) is 6.61 Å². The number of para-hydroxylation sites is 1. The van der Waals surface area contributed by atoms with Gasteiger partial charge in [0.1, 0.15) is 0 Å². The summed E-state index contributed by atoms with van der Waals surface area (Å²) in [6.07, 6.45) is 6.42. The molecule has 0 aliphatic rings. The van der Waals surface area contributed by atoms with Crippen LogP contribution in [-0.2, 0) is 16.1 Å². The second kappa shape index (κ2) is 7.66. The normalized spacial score (nSPS) is 11.1. The van der Waals surface area contributed by atoms with Crippen molar-refractivity contribution in [2.24, 2.45) is 0 Å². The van der Waals surface area contributed by atoms with Gasteiger partial charge in [0, 0.05) is 28.8 Å². The number of nitrogens with zero attached hydrogens (tertiary/aromatic N) is 2. The SMILES string of the molecule is O=C(/C=C/c1cccc2cccnc12)OCc1ncc(-c2ccccc2)o1. The molecule has 0 amide bonds. The number of hydrogen-bond donors (Lipinski definition) is 0. The van der Waals surface area contributed by atoms with Crippen molar-refractivity contribution < 1.29 is 13.9 Å². The van der Waals surface area contributed by atoms with Gasteiger partial charge in [-0.15, -0.1) is 0 Å². The number of oxazole rings is 1. The average Bonchev–Trinajstić information content (AvgIpc) is 3.20. The molecule has 0 atom stereocenters. The van der Waals surface area contributed by atoms with Crippen LogP contribution in [-0.4, -0.2) is 15.9 Å². The van der Waals surface area contributed by atoms with E-state index >= 15 is 0 Å². The first-order valence-corrected chi connectivity index (χ1v) is 8.48. The highest BCUT2D eigenvalue weighted by Gasteiger charge is 2.08. The number of carbonyl (C=O) groups excluding carboxylic acids is 1. The van der Waals surface area contributed by atoms with Crippen molar-refractivity contribution >= 4 is 22.9 Å². The maximum Gasteiger partial charge on any atom is 0.331 e. The molecule has 0 saturated carbocycles. The summed E-state index contributed by atoms with van der Waals surface area (Å²) < 4.78 is 10.8. The second-order valence-corrected chi connectivity index (χ2v) is 5.85. The minimum atomic E-state index is -0.470. The Labute approximate surface area is 156 Å². The summed E-state index contributed by atoms with van der Waals surface area (Å²) in [5, 5.41) is 1.02. The summed E-state index contributed by atoms with van der Waals surface area (Å²) in [7, 11) is 0. The molecule has 2 heterocycles. The Bertz CT molecular complexity index is 1100. The summed E-state index contributed by atoms with van der Waals surface area (Å²) in [5.74, 6) is 0.517. The second-order valence-electron chi connectivity index (χ2n) is 5.85. The Balaban J connectivity index is 1.40. The summed E-state index contributed by atoms with van der Waals surface area (Å²) in [6, 6.07) is 19.3. The molecule has 5 heteroatoms. The predicted octanol–water partition coefficient (Wildman–Crippen LogP) is 4.65. The molecule has 0 aliphatic heterocycles. The smallest absolute Gasteiger partial charge is 0.331 e. The van der Waals surface area contributed by atoms with E-state index in [9.17, 15) is 4.79 Å². The number of carbonyl (C=O) groups is 1. The number of ether oxygens (including phenoxy) is 1. The molecule has 0 N–H and O–H groups in total. The van der Waals surface area contributed by atoms with Gasteiger partial charge in [-0.2, -0.15) is 0 Å². The molecule has 2 aromatic heterocycles. The molecule has 0 saturated heterocycles. The van der Waals surface area contributed by atoms with Crippen LogP contribution < -0.4 is 0 Å². The van der Waals surface area contributed by atoms with E-state index in [0.717, 1.165) is 22.0 Å². The molecule has 0 aliphatic carbocycles. The molecule has 27 heavy (non-hydrogen) atoms. The number of aromatic nitrogens is 2. The third-order valence-corrected chi connectivity index (χ3v) is 4.01. The van der Waals surface area contributed by atoms with Gasteiger partial charge in [-0.25, -0.2) is 9.78 Å². The number of fused-ring (bicyclic) bond motifs is 1. The molecule has 4 aromatic rings. The fourth-order valence-electron chi connectivity index (χ4n) is 2.71. The number of hydrogen-bond acceptors (Lipinski definition) is 5. The predicted molar refractivity (Wildman–Crippen MR) is 103 cm³/mol. The summed E-state index contributed by atoms with van der Waals surface area (Å²) >= 11 is 0. The largest absolute Gasteiger partial charge is 0.453 e. The van der Waals surface area contributed by atoms with Crippen LogP contribution in [0.25, 0.3) is 28.3 Å². The van der Waals surface area contributed by atoms with Crippen LogP contribution in [0.15, 0.2) is 83.6 Å². The van der Waals surface area contributed by atoms with Crippen molar-refractivity contribution in [3.05, 3.63) is 90.6 Å².